The number of rotatable bonds is 2. The maximum atomic E-state index is 13.3. The van der Waals surface area contributed by atoms with E-state index in [9.17, 15) is 19.7 Å². The summed E-state index contributed by atoms with van der Waals surface area (Å²) in [6, 6.07) is 9.82. The van der Waals surface area contributed by atoms with Crippen LogP contribution in [0.1, 0.15) is 32.4 Å². The molecule has 1 unspecified atom stereocenters. The first-order valence-electron chi connectivity index (χ1n) is 8.34. The first-order chi connectivity index (χ1) is 13.1. The topological polar surface area (TPSA) is 93.7 Å². The second-order valence-electron chi connectivity index (χ2n) is 6.36. The van der Waals surface area contributed by atoms with Crippen LogP contribution in [0.2, 0.25) is 0 Å². The molecule has 3 aliphatic rings. The number of fused-ring (bicyclic) bond motifs is 3. The molecule has 0 radical (unpaired) electrons. The molecule has 2 aromatic rings. The summed E-state index contributed by atoms with van der Waals surface area (Å²) in [5.41, 5.74) is 0.875. The van der Waals surface area contributed by atoms with E-state index in [1.54, 1.807) is 41.3 Å². The fraction of sp³-hybridized carbons (Fsp3) is 0.158. The number of Topliss-reactive ketones (excluding diaryl/α,β-unsaturated/α-hetero) is 2. The zero-order valence-corrected chi connectivity index (χ0v) is 14.7. The molecule has 27 heavy (non-hydrogen) atoms. The van der Waals surface area contributed by atoms with Gasteiger partial charge in [0.1, 0.15) is 11.7 Å². The summed E-state index contributed by atoms with van der Waals surface area (Å²) in [7, 11) is 0. The Balaban J connectivity index is 1.83. The average molecular weight is 380 g/mol. The Hall–Kier alpha value is -3.13. The third-order valence-electron chi connectivity index (χ3n) is 5.01. The number of nitro groups is 1. The van der Waals surface area contributed by atoms with E-state index >= 15 is 0 Å². The lowest BCUT2D eigenvalue weighted by Gasteiger charge is -2.34. The second kappa shape index (κ2) is 5.68. The molecular weight excluding hydrogens is 368 g/mol. The Bertz CT molecular complexity index is 1080. The van der Waals surface area contributed by atoms with Gasteiger partial charge in [-0.3, -0.25) is 19.7 Å². The van der Waals surface area contributed by atoms with Crippen LogP contribution in [0.4, 0.5) is 0 Å². The minimum absolute atomic E-state index is 0.105. The van der Waals surface area contributed by atoms with E-state index in [0.717, 1.165) is 0 Å². The molecule has 1 aromatic carbocycles. The van der Waals surface area contributed by atoms with Crippen LogP contribution in [0.15, 0.2) is 69.1 Å². The van der Waals surface area contributed by atoms with Gasteiger partial charge >= 0.3 is 0 Å². The Morgan fingerprint density at radius 3 is 2.52 bits per heavy atom. The summed E-state index contributed by atoms with van der Waals surface area (Å²) in [6.45, 7) is 0.447. The van der Waals surface area contributed by atoms with Crippen molar-refractivity contribution in [1.29, 1.82) is 0 Å². The highest BCUT2D eigenvalue weighted by atomic mass is 32.2. The summed E-state index contributed by atoms with van der Waals surface area (Å²) in [6.07, 6.45) is 1.41. The molecule has 8 heteroatoms. The fourth-order valence-corrected chi connectivity index (χ4v) is 5.08. The molecule has 2 aliphatic heterocycles. The van der Waals surface area contributed by atoms with Crippen molar-refractivity contribution in [3.63, 3.8) is 0 Å². The Labute approximate surface area is 157 Å². The molecule has 3 heterocycles. The van der Waals surface area contributed by atoms with Gasteiger partial charge in [0.25, 0.3) is 5.70 Å². The van der Waals surface area contributed by atoms with Crippen LogP contribution >= 0.6 is 11.8 Å². The molecule has 0 spiro atoms. The molecule has 0 N–H and O–H groups in total. The largest absolute Gasteiger partial charge is 0.468 e. The third kappa shape index (κ3) is 2.10. The van der Waals surface area contributed by atoms with Crippen molar-refractivity contribution in [1.82, 2.24) is 4.90 Å². The van der Waals surface area contributed by atoms with Crippen molar-refractivity contribution in [3.05, 3.63) is 91.7 Å². The quantitative estimate of drug-likeness (QED) is 0.583. The van der Waals surface area contributed by atoms with Crippen LogP contribution < -0.4 is 0 Å². The maximum absolute atomic E-state index is 13.3. The molecule has 0 bridgehead atoms. The Morgan fingerprint density at radius 2 is 1.85 bits per heavy atom. The molecule has 1 aliphatic carbocycles. The van der Waals surface area contributed by atoms with Crippen LogP contribution in [0.25, 0.3) is 0 Å². The van der Waals surface area contributed by atoms with Gasteiger partial charge in [-0.1, -0.05) is 36.0 Å². The smallest absolute Gasteiger partial charge is 0.291 e. The van der Waals surface area contributed by atoms with Crippen LogP contribution in [-0.4, -0.2) is 33.7 Å². The van der Waals surface area contributed by atoms with Crippen molar-refractivity contribution in [3.8, 4) is 0 Å². The van der Waals surface area contributed by atoms with Gasteiger partial charge in [0.05, 0.1) is 16.9 Å². The van der Waals surface area contributed by atoms with Crippen molar-refractivity contribution in [2.75, 3.05) is 12.3 Å². The number of benzene rings is 1. The molecule has 1 aromatic heterocycles. The van der Waals surface area contributed by atoms with E-state index in [-0.39, 0.29) is 39.9 Å². The highest BCUT2D eigenvalue weighted by Crippen LogP contribution is 2.50. The molecule has 0 amide bonds. The Morgan fingerprint density at radius 1 is 1.11 bits per heavy atom. The number of nitrogens with zero attached hydrogens (tertiary/aromatic N) is 2. The van der Waals surface area contributed by atoms with Gasteiger partial charge in [-0.25, -0.2) is 0 Å². The highest BCUT2D eigenvalue weighted by molar-refractivity contribution is 8.03. The number of carbonyl (C=O) groups excluding carboxylic acids is 2. The van der Waals surface area contributed by atoms with E-state index in [1.807, 2.05) is 0 Å². The van der Waals surface area contributed by atoms with Gasteiger partial charge in [-0.2, -0.15) is 0 Å². The molecule has 1 atom stereocenters. The summed E-state index contributed by atoms with van der Waals surface area (Å²) in [5.74, 6) is -0.755. The van der Waals surface area contributed by atoms with Crippen LogP contribution in [0.5, 0.6) is 0 Å². The van der Waals surface area contributed by atoms with Crippen LogP contribution in [0.3, 0.4) is 0 Å². The average Bonchev–Trinajstić information content (AvgIpc) is 3.35. The number of furan rings is 1. The first kappa shape index (κ1) is 16.1. The lowest BCUT2D eigenvalue weighted by molar-refractivity contribution is -0.431. The van der Waals surface area contributed by atoms with Gasteiger partial charge in [0.15, 0.2) is 10.8 Å². The predicted octanol–water partition coefficient (Wildman–Crippen LogP) is 3.20. The number of carbonyl (C=O) groups is 2. The lowest BCUT2D eigenvalue weighted by atomic mass is 9.77. The van der Waals surface area contributed by atoms with Crippen molar-refractivity contribution < 1.29 is 18.9 Å². The van der Waals surface area contributed by atoms with E-state index < -0.39 is 10.8 Å². The molecule has 5 rings (SSSR count). The summed E-state index contributed by atoms with van der Waals surface area (Å²) < 4.78 is 5.46. The summed E-state index contributed by atoms with van der Waals surface area (Å²) in [5, 5.41) is 12.4. The molecule has 1 fully saturated rings. The first-order valence-corrected chi connectivity index (χ1v) is 9.33. The fourth-order valence-electron chi connectivity index (χ4n) is 3.93. The van der Waals surface area contributed by atoms with Crippen LogP contribution in [-0.2, 0) is 0 Å². The summed E-state index contributed by atoms with van der Waals surface area (Å²) in [4.78, 5) is 39.7. The van der Waals surface area contributed by atoms with E-state index in [4.69, 9.17) is 4.42 Å². The number of allylic oxidation sites excluding steroid dienone is 2. The number of thioether (sulfide) groups is 1. The third-order valence-corrected chi connectivity index (χ3v) is 6.10. The highest BCUT2D eigenvalue weighted by Gasteiger charge is 2.52. The van der Waals surface area contributed by atoms with Crippen LogP contribution in [0, 0.1) is 10.1 Å². The number of hydrogen-bond donors (Lipinski definition) is 0. The molecule has 1 saturated heterocycles. The van der Waals surface area contributed by atoms with Crippen molar-refractivity contribution in [2.24, 2.45) is 0 Å². The monoisotopic (exact) mass is 380 g/mol. The zero-order valence-electron chi connectivity index (χ0n) is 13.9. The van der Waals surface area contributed by atoms with E-state index in [0.29, 0.717) is 22.9 Å². The van der Waals surface area contributed by atoms with E-state index in [2.05, 4.69) is 0 Å². The molecule has 134 valence electrons. The molecular formula is C19H12N2O5S. The zero-order chi connectivity index (χ0) is 18.7. The van der Waals surface area contributed by atoms with Crippen molar-refractivity contribution in [2.45, 2.75) is 5.92 Å². The predicted molar refractivity (Wildman–Crippen MR) is 96.8 cm³/mol. The lowest BCUT2D eigenvalue weighted by Crippen LogP contribution is -2.39. The van der Waals surface area contributed by atoms with Crippen molar-refractivity contribution >= 4 is 23.3 Å². The summed E-state index contributed by atoms with van der Waals surface area (Å²) >= 11 is 1.33. The normalized spacial score (nSPS) is 21.3. The molecule has 7 nitrogen and oxygen atoms in total. The number of ketones is 2. The van der Waals surface area contributed by atoms with Gasteiger partial charge in [0.2, 0.25) is 5.78 Å². The van der Waals surface area contributed by atoms with Gasteiger partial charge < -0.3 is 9.32 Å². The molecule has 0 saturated carbocycles. The van der Waals surface area contributed by atoms with Gasteiger partial charge in [-0.15, -0.1) is 0 Å². The maximum Gasteiger partial charge on any atom is 0.291 e. The Kier molecular flexibility index (Phi) is 3.38. The minimum atomic E-state index is -1.01. The van der Waals surface area contributed by atoms with Gasteiger partial charge in [-0.05, 0) is 12.1 Å². The minimum Gasteiger partial charge on any atom is -0.468 e. The number of hydrogen-bond acceptors (Lipinski definition) is 7. The van der Waals surface area contributed by atoms with Gasteiger partial charge in [0, 0.05) is 29.0 Å². The standard InChI is InChI=1S/C19H12N2O5S/c22-17-10-4-1-2-5-11(10)18(23)15-14(17)13(12-6-3-8-26-12)16(21(24)25)19-20(15)7-9-27-19/h1-6,8,13H,7,9H2. The second-order valence-corrected chi connectivity index (χ2v) is 7.45. The SMILES string of the molecule is O=C1C2=C(C(=O)c3ccccc31)N1CCSC1=C([N+](=O)[O-])C2c1ccco1. The van der Waals surface area contributed by atoms with E-state index in [1.165, 1.54) is 18.0 Å².